The fourth-order valence-corrected chi connectivity index (χ4v) is 1.71. The fourth-order valence-electron chi connectivity index (χ4n) is 1.71. The van der Waals surface area contributed by atoms with E-state index in [4.69, 9.17) is 5.11 Å². The van der Waals surface area contributed by atoms with Crippen LogP contribution in [0.25, 0.3) is 0 Å². The second kappa shape index (κ2) is 5.63. The summed E-state index contributed by atoms with van der Waals surface area (Å²) in [7, 11) is 0. The van der Waals surface area contributed by atoms with Gasteiger partial charge in [-0.2, -0.15) is 0 Å². The number of nitrogens with one attached hydrogen (secondary N) is 1. The summed E-state index contributed by atoms with van der Waals surface area (Å²) in [6, 6.07) is 11.1. The highest BCUT2D eigenvalue weighted by molar-refractivity contribution is 6.04. The van der Waals surface area contributed by atoms with Crippen LogP contribution in [0.3, 0.4) is 0 Å². The Kier molecular flexibility index (Phi) is 3.92. The van der Waals surface area contributed by atoms with Gasteiger partial charge in [0.05, 0.1) is 12.2 Å². The first-order valence-electron chi connectivity index (χ1n) is 5.87. The number of benzene rings is 2. The van der Waals surface area contributed by atoms with E-state index in [-0.39, 0.29) is 12.2 Å². The number of hydrogen-bond acceptors (Lipinski definition) is 2. The van der Waals surface area contributed by atoms with Gasteiger partial charge in [0.15, 0.2) is 0 Å². The van der Waals surface area contributed by atoms with Crippen LogP contribution in [0.4, 0.5) is 10.1 Å². The van der Waals surface area contributed by atoms with Crippen LogP contribution in [0.5, 0.6) is 0 Å². The summed E-state index contributed by atoms with van der Waals surface area (Å²) in [5.41, 5.74) is 2.15. The highest BCUT2D eigenvalue weighted by Gasteiger charge is 2.11. The summed E-state index contributed by atoms with van der Waals surface area (Å²) in [6.45, 7) is 1.74. The Morgan fingerprint density at radius 3 is 2.53 bits per heavy atom. The maximum Gasteiger partial charge on any atom is 0.258 e. The summed E-state index contributed by atoms with van der Waals surface area (Å²) in [5, 5.41) is 11.5. The molecule has 0 aliphatic carbocycles. The molecule has 3 nitrogen and oxygen atoms in total. The van der Waals surface area contributed by atoms with Gasteiger partial charge in [-0.15, -0.1) is 0 Å². The van der Waals surface area contributed by atoms with E-state index in [1.54, 1.807) is 37.3 Å². The van der Waals surface area contributed by atoms with Crippen molar-refractivity contribution in [2.45, 2.75) is 13.5 Å². The van der Waals surface area contributed by atoms with Crippen molar-refractivity contribution >= 4 is 11.6 Å². The lowest BCUT2D eigenvalue weighted by molar-refractivity contribution is 0.102. The van der Waals surface area contributed by atoms with Crippen LogP contribution in [-0.4, -0.2) is 11.0 Å². The quantitative estimate of drug-likeness (QED) is 0.890. The van der Waals surface area contributed by atoms with E-state index in [1.807, 2.05) is 0 Å². The smallest absolute Gasteiger partial charge is 0.258 e. The zero-order valence-corrected chi connectivity index (χ0v) is 10.5. The maximum absolute atomic E-state index is 13.5. The minimum absolute atomic E-state index is 0.0197. The molecule has 2 aromatic carbocycles. The van der Waals surface area contributed by atoms with Crippen LogP contribution in [-0.2, 0) is 6.61 Å². The van der Waals surface area contributed by atoms with E-state index in [1.165, 1.54) is 12.1 Å². The molecule has 0 fully saturated rings. The number of rotatable bonds is 3. The molecular formula is C15H14FNO2. The largest absolute Gasteiger partial charge is 0.392 e. The number of anilines is 1. The minimum Gasteiger partial charge on any atom is -0.392 e. The molecule has 2 N–H and O–H groups in total. The first-order valence-corrected chi connectivity index (χ1v) is 5.87. The summed E-state index contributed by atoms with van der Waals surface area (Å²) in [5.74, 6) is -1.03. The molecular weight excluding hydrogens is 245 g/mol. The molecule has 0 saturated carbocycles. The van der Waals surface area contributed by atoms with E-state index < -0.39 is 11.7 Å². The molecule has 1 amide bonds. The molecule has 0 spiro atoms. The third kappa shape index (κ3) is 3.17. The van der Waals surface area contributed by atoms with E-state index in [0.717, 1.165) is 11.1 Å². The van der Waals surface area contributed by atoms with Crippen molar-refractivity contribution in [1.29, 1.82) is 0 Å². The molecule has 2 aromatic rings. The molecule has 0 aromatic heterocycles. The van der Waals surface area contributed by atoms with Gasteiger partial charge in [0.25, 0.3) is 5.91 Å². The van der Waals surface area contributed by atoms with Crippen LogP contribution in [0, 0.1) is 12.7 Å². The van der Waals surface area contributed by atoms with E-state index in [9.17, 15) is 9.18 Å². The molecule has 2 rings (SSSR count). The van der Waals surface area contributed by atoms with Crippen molar-refractivity contribution in [2.75, 3.05) is 5.32 Å². The van der Waals surface area contributed by atoms with Crippen LogP contribution >= 0.6 is 0 Å². The molecule has 0 atom stereocenters. The summed E-state index contributed by atoms with van der Waals surface area (Å²) in [6.07, 6.45) is 0. The Bertz CT molecular complexity index is 594. The Morgan fingerprint density at radius 2 is 1.89 bits per heavy atom. The van der Waals surface area contributed by atoms with Crippen molar-refractivity contribution < 1.29 is 14.3 Å². The van der Waals surface area contributed by atoms with Gasteiger partial charge in [-0.3, -0.25) is 4.79 Å². The first-order chi connectivity index (χ1) is 9.10. The number of aryl methyl sites for hydroxylation is 1. The average Bonchev–Trinajstić information content (AvgIpc) is 2.42. The molecule has 0 bridgehead atoms. The van der Waals surface area contributed by atoms with Crippen LogP contribution in [0.15, 0.2) is 42.5 Å². The first kappa shape index (κ1) is 13.2. The van der Waals surface area contributed by atoms with Gasteiger partial charge in [-0.25, -0.2) is 4.39 Å². The second-order valence-corrected chi connectivity index (χ2v) is 4.29. The molecule has 19 heavy (non-hydrogen) atoms. The average molecular weight is 259 g/mol. The topological polar surface area (TPSA) is 49.3 Å². The fraction of sp³-hybridized carbons (Fsp3) is 0.133. The van der Waals surface area contributed by atoms with Crippen molar-refractivity contribution in [3.05, 3.63) is 65.0 Å². The Hall–Kier alpha value is -2.20. The molecule has 0 saturated heterocycles. The van der Waals surface area contributed by atoms with Gasteiger partial charge >= 0.3 is 0 Å². The van der Waals surface area contributed by atoms with Gasteiger partial charge < -0.3 is 10.4 Å². The molecule has 0 aliphatic heterocycles. The van der Waals surface area contributed by atoms with Gasteiger partial charge in [-0.05, 0) is 36.8 Å². The zero-order valence-electron chi connectivity index (χ0n) is 10.5. The predicted octanol–water partition coefficient (Wildman–Crippen LogP) is 2.88. The van der Waals surface area contributed by atoms with Crippen LogP contribution < -0.4 is 5.32 Å². The lowest BCUT2D eigenvalue weighted by Gasteiger charge is -2.07. The summed E-state index contributed by atoms with van der Waals surface area (Å²) >= 11 is 0. The van der Waals surface area contributed by atoms with E-state index in [0.29, 0.717) is 5.69 Å². The Morgan fingerprint density at radius 1 is 1.21 bits per heavy atom. The second-order valence-electron chi connectivity index (χ2n) is 4.29. The van der Waals surface area contributed by atoms with Crippen molar-refractivity contribution in [1.82, 2.24) is 0 Å². The van der Waals surface area contributed by atoms with Crippen molar-refractivity contribution in [3.8, 4) is 0 Å². The van der Waals surface area contributed by atoms with Gasteiger partial charge in [0.1, 0.15) is 5.82 Å². The van der Waals surface area contributed by atoms with Crippen molar-refractivity contribution in [3.63, 3.8) is 0 Å². The molecule has 0 unspecified atom stereocenters. The van der Waals surface area contributed by atoms with Gasteiger partial charge in [-0.1, -0.05) is 23.8 Å². The highest BCUT2D eigenvalue weighted by atomic mass is 19.1. The van der Waals surface area contributed by atoms with Crippen LogP contribution in [0.2, 0.25) is 0 Å². The number of aliphatic hydroxyl groups excluding tert-OH is 1. The van der Waals surface area contributed by atoms with E-state index in [2.05, 4.69) is 5.32 Å². The highest BCUT2D eigenvalue weighted by Crippen LogP contribution is 2.14. The van der Waals surface area contributed by atoms with Crippen molar-refractivity contribution in [2.24, 2.45) is 0 Å². The molecule has 0 aliphatic rings. The Labute approximate surface area is 110 Å². The third-order valence-corrected chi connectivity index (χ3v) is 2.76. The Balaban J connectivity index is 2.18. The lowest BCUT2D eigenvalue weighted by Crippen LogP contribution is -2.14. The van der Waals surface area contributed by atoms with E-state index >= 15 is 0 Å². The SMILES string of the molecule is Cc1ccc(F)c(C(=O)Nc2ccc(CO)cc2)c1. The maximum atomic E-state index is 13.5. The summed E-state index contributed by atoms with van der Waals surface area (Å²) < 4.78 is 13.5. The normalized spacial score (nSPS) is 10.3. The lowest BCUT2D eigenvalue weighted by atomic mass is 10.1. The standard InChI is InChI=1S/C15H14FNO2/c1-10-2-7-14(16)13(8-10)15(19)17-12-5-3-11(9-18)4-6-12/h2-8,18H,9H2,1H3,(H,17,19). The molecule has 98 valence electrons. The number of halogens is 1. The van der Waals surface area contributed by atoms with Gasteiger partial charge in [0.2, 0.25) is 0 Å². The molecule has 0 radical (unpaired) electrons. The molecule has 0 heterocycles. The number of carbonyl (C=O) groups is 1. The monoisotopic (exact) mass is 259 g/mol. The number of aliphatic hydroxyl groups is 1. The summed E-state index contributed by atoms with van der Waals surface area (Å²) in [4.78, 5) is 11.9. The van der Waals surface area contributed by atoms with Gasteiger partial charge in [0, 0.05) is 5.69 Å². The number of hydrogen-bond donors (Lipinski definition) is 2. The predicted molar refractivity (Wildman–Crippen MR) is 71.5 cm³/mol. The zero-order chi connectivity index (χ0) is 13.8. The number of carbonyl (C=O) groups excluding carboxylic acids is 1. The minimum atomic E-state index is -0.546. The van der Waals surface area contributed by atoms with Crippen LogP contribution in [0.1, 0.15) is 21.5 Å². The molecule has 4 heteroatoms. The third-order valence-electron chi connectivity index (χ3n) is 2.76. The number of amides is 1.